The summed E-state index contributed by atoms with van der Waals surface area (Å²) in [5, 5.41) is 0. The number of nitrogens with zero attached hydrogens (tertiary/aromatic N) is 2. The lowest BCUT2D eigenvalue weighted by molar-refractivity contribution is -0.166. The van der Waals surface area contributed by atoms with Crippen molar-refractivity contribution in [2.75, 3.05) is 26.2 Å². The van der Waals surface area contributed by atoms with Crippen LogP contribution in [0.1, 0.15) is 117 Å². The summed E-state index contributed by atoms with van der Waals surface area (Å²) in [7, 11) is 0. The van der Waals surface area contributed by atoms with Crippen LogP contribution in [0.25, 0.3) is 0 Å². The molecule has 2 aliphatic rings. The minimum atomic E-state index is -0.306. The molecule has 0 saturated carbocycles. The number of esters is 2. The van der Waals surface area contributed by atoms with Gasteiger partial charge in [0, 0.05) is 0 Å². The molecule has 0 aromatic heterocycles. The van der Waals surface area contributed by atoms with Crippen molar-refractivity contribution in [1.82, 2.24) is 9.80 Å². The number of hydrogen-bond acceptors (Lipinski definition) is 5. The van der Waals surface area contributed by atoms with Crippen LogP contribution in [0, 0.1) is 0 Å². The summed E-state index contributed by atoms with van der Waals surface area (Å²) in [4.78, 5) is 30.0. The lowest BCUT2D eigenvalue weighted by Gasteiger charge is -2.25. The minimum absolute atomic E-state index is 0.215. The Bertz CT molecular complexity index is 467. The summed E-state index contributed by atoms with van der Waals surface area (Å²) in [6.45, 7) is 8.29. The smallest absolute Gasteiger partial charge is 0.331 e. The van der Waals surface area contributed by atoms with Gasteiger partial charge in [-0.1, -0.05) is 78.1 Å². The third kappa shape index (κ3) is 9.61. The first-order valence-electron chi connectivity index (χ1n) is 13.4. The van der Waals surface area contributed by atoms with Crippen LogP contribution in [-0.2, 0) is 14.3 Å². The summed E-state index contributed by atoms with van der Waals surface area (Å²) in [6.07, 6.45) is 18.8. The molecule has 31 heavy (non-hydrogen) atoms. The van der Waals surface area contributed by atoms with E-state index in [0.29, 0.717) is 0 Å². The highest BCUT2D eigenvalue weighted by Crippen LogP contribution is 2.23. The molecule has 2 aliphatic heterocycles. The molecular formula is C26H48N2O3. The van der Waals surface area contributed by atoms with Crippen molar-refractivity contribution >= 4 is 11.9 Å². The maximum atomic E-state index is 12.8. The Morgan fingerprint density at radius 1 is 0.645 bits per heavy atom. The van der Waals surface area contributed by atoms with Gasteiger partial charge in [-0.2, -0.15) is 0 Å². The van der Waals surface area contributed by atoms with Crippen molar-refractivity contribution in [2.24, 2.45) is 0 Å². The molecule has 2 fully saturated rings. The molecule has 5 heteroatoms. The molecule has 0 radical (unpaired) electrons. The average Bonchev–Trinajstić information content (AvgIpc) is 3.42. The summed E-state index contributed by atoms with van der Waals surface area (Å²) < 4.78 is 5.44. The third-order valence-corrected chi connectivity index (χ3v) is 7.07. The summed E-state index contributed by atoms with van der Waals surface area (Å²) in [5.41, 5.74) is 0. The Balaban J connectivity index is 1.68. The fraction of sp³-hybridized carbons (Fsp3) is 0.923. The van der Waals surface area contributed by atoms with Gasteiger partial charge in [0.15, 0.2) is 0 Å². The van der Waals surface area contributed by atoms with Crippen molar-refractivity contribution in [1.29, 1.82) is 0 Å². The standard InChI is InChI=1S/C26H48N2O3/c1-3-5-7-9-11-13-19-27-21-15-17-23(27)25(29)31-26(30)24-18-16-22-28(24)20-14-12-10-8-6-4-2/h23-24H,3-22H2,1-2H3/t23-,24-/m0/s1. The first-order chi connectivity index (χ1) is 15.2. The highest BCUT2D eigenvalue weighted by Gasteiger charge is 2.37. The van der Waals surface area contributed by atoms with Gasteiger partial charge in [0.2, 0.25) is 0 Å². The van der Waals surface area contributed by atoms with Crippen LogP contribution in [0.15, 0.2) is 0 Å². The molecule has 5 nitrogen and oxygen atoms in total. The van der Waals surface area contributed by atoms with Gasteiger partial charge in [-0.3, -0.25) is 9.80 Å². The first-order valence-corrected chi connectivity index (χ1v) is 13.4. The van der Waals surface area contributed by atoms with Gasteiger partial charge in [-0.05, 0) is 64.7 Å². The molecule has 0 unspecified atom stereocenters. The number of carbonyl (C=O) groups is 2. The predicted octanol–water partition coefficient (Wildman–Crippen LogP) is 5.71. The monoisotopic (exact) mass is 436 g/mol. The fourth-order valence-electron chi connectivity index (χ4n) is 5.15. The van der Waals surface area contributed by atoms with Crippen LogP contribution in [0.3, 0.4) is 0 Å². The molecule has 0 bridgehead atoms. The molecule has 0 aliphatic carbocycles. The Morgan fingerprint density at radius 2 is 1.03 bits per heavy atom. The number of unbranched alkanes of at least 4 members (excludes halogenated alkanes) is 10. The van der Waals surface area contributed by atoms with E-state index in [1.54, 1.807) is 0 Å². The van der Waals surface area contributed by atoms with Crippen molar-refractivity contribution in [3.63, 3.8) is 0 Å². The van der Waals surface area contributed by atoms with Crippen molar-refractivity contribution in [2.45, 2.75) is 129 Å². The normalized spacial score (nSPS) is 22.3. The molecule has 180 valence electrons. The zero-order valence-corrected chi connectivity index (χ0v) is 20.4. The highest BCUT2D eigenvalue weighted by atomic mass is 16.6. The van der Waals surface area contributed by atoms with Crippen LogP contribution in [-0.4, -0.2) is 60.0 Å². The zero-order valence-electron chi connectivity index (χ0n) is 20.4. The quantitative estimate of drug-likeness (QED) is 0.176. The van der Waals surface area contributed by atoms with Crippen molar-refractivity contribution in [3.8, 4) is 0 Å². The number of carbonyl (C=O) groups excluding carboxylic acids is 2. The minimum Gasteiger partial charge on any atom is -0.391 e. The molecule has 0 amide bonds. The summed E-state index contributed by atoms with van der Waals surface area (Å²) in [5.74, 6) is -0.611. The number of likely N-dealkylation sites (tertiary alicyclic amines) is 2. The van der Waals surface area contributed by atoms with Gasteiger partial charge in [0.05, 0.1) is 0 Å². The van der Waals surface area contributed by atoms with Crippen LogP contribution in [0.5, 0.6) is 0 Å². The van der Waals surface area contributed by atoms with Gasteiger partial charge in [-0.25, -0.2) is 9.59 Å². The van der Waals surface area contributed by atoms with E-state index in [1.165, 1.54) is 64.2 Å². The van der Waals surface area contributed by atoms with Crippen LogP contribution >= 0.6 is 0 Å². The largest absolute Gasteiger partial charge is 0.391 e. The molecule has 2 heterocycles. The van der Waals surface area contributed by atoms with Gasteiger partial charge in [0.25, 0.3) is 0 Å². The second-order valence-electron chi connectivity index (χ2n) is 9.66. The molecular weight excluding hydrogens is 388 g/mol. The summed E-state index contributed by atoms with van der Waals surface area (Å²) >= 11 is 0. The van der Waals surface area contributed by atoms with Crippen molar-refractivity contribution < 1.29 is 14.3 Å². The van der Waals surface area contributed by atoms with Gasteiger partial charge in [0.1, 0.15) is 12.1 Å². The van der Waals surface area contributed by atoms with E-state index in [2.05, 4.69) is 23.6 Å². The summed E-state index contributed by atoms with van der Waals surface area (Å²) in [6, 6.07) is -0.430. The maximum absolute atomic E-state index is 12.8. The van der Waals surface area contributed by atoms with Crippen LogP contribution in [0.4, 0.5) is 0 Å². The Kier molecular flexibility index (Phi) is 13.4. The molecule has 2 rings (SSSR count). The molecule has 0 N–H and O–H groups in total. The van der Waals surface area contributed by atoms with E-state index >= 15 is 0 Å². The second kappa shape index (κ2) is 15.8. The van der Waals surface area contributed by atoms with Gasteiger partial charge in [-0.15, -0.1) is 0 Å². The van der Waals surface area contributed by atoms with E-state index in [9.17, 15) is 9.59 Å². The van der Waals surface area contributed by atoms with E-state index in [1.807, 2.05) is 0 Å². The maximum Gasteiger partial charge on any atom is 0.331 e. The molecule has 0 aromatic carbocycles. The van der Waals surface area contributed by atoms with E-state index in [-0.39, 0.29) is 24.0 Å². The van der Waals surface area contributed by atoms with E-state index < -0.39 is 0 Å². The molecule has 0 aromatic rings. The van der Waals surface area contributed by atoms with E-state index in [0.717, 1.165) is 64.7 Å². The first kappa shape index (κ1) is 26.3. The lowest BCUT2D eigenvalue weighted by atomic mass is 10.1. The Hall–Kier alpha value is -0.940. The third-order valence-electron chi connectivity index (χ3n) is 7.07. The Morgan fingerprint density at radius 3 is 1.45 bits per heavy atom. The predicted molar refractivity (Wildman–Crippen MR) is 127 cm³/mol. The number of hydrogen-bond donors (Lipinski definition) is 0. The van der Waals surface area contributed by atoms with Gasteiger partial charge >= 0.3 is 11.9 Å². The second-order valence-corrected chi connectivity index (χ2v) is 9.66. The zero-order chi connectivity index (χ0) is 22.3. The lowest BCUT2D eigenvalue weighted by Crippen LogP contribution is -2.43. The number of rotatable bonds is 16. The molecule has 2 atom stereocenters. The fourth-order valence-corrected chi connectivity index (χ4v) is 5.15. The van der Waals surface area contributed by atoms with Crippen LogP contribution in [0.2, 0.25) is 0 Å². The number of ether oxygens (including phenoxy) is 1. The topological polar surface area (TPSA) is 49.9 Å². The molecule has 0 spiro atoms. The SMILES string of the molecule is CCCCCCCCN1CCC[C@H]1C(=O)OC(=O)[C@@H]1CCCN1CCCCCCCC. The average molecular weight is 437 g/mol. The van der Waals surface area contributed by atoms with Gasteiger partial charge < -0.3 is 4.74 Å². The van der Waals surface area contributed by atoms with Crippen LogP contribution < -0.4 is 0 Å². The molecule has 2 saturated heterocycles. The van der Waals surface area contributed by atoms with Crippen molar-refractivity contribution in [3.05, 3.63) is 0 Å². The van der Waals surface area contributed by atoms with E-state index in [4.69, 9.17) is 4.74 Å². The Labute approximate surface area is 191 Å². The highest BCUT2D eigenvalue weighted by molar-refractivity contribution is 5.91.